The molecule has 9 nitrogen and oxygen atoms in total. The third-order valence-corrected chi connectivity index (χ3v) is 7.91. The van der Waals surface area contributed by atoms with Crippen molar-refractivity contribution in [1.82, 2.24) is 19.9 Å². The molecule has 0 radical (unpaired) electrons. The minimum atomic E-state index is -5.08. The summed E-state index contributed by atoms with van der Waals surface area (Å²) in [5.41, 5.74) is 5.73. The molecule has 0 fully saturated rings. The maximum Gasteiger partial charge on any atom is 0.490 e. The van der Waals surface area contributed by atoms with Gasteiger partial charge in [-0.05, 0) is 68.2 Å². The number of aromatic nitrogens is 3. The van der Waals surface area contributed by atoms with Crippen LogP contribution < -0.4 is 4.74 Å². The van der Waals surface area contributed by atoms with Crippen LogP contribution >= 0.6 is 0 Å². The normalized spacial score (nSPS) is 18.2. The molecule has 1 aliphatic carbocycles. The van der Waals surface area contributed by atoms with Gasteiger partial charge in [0.05, 0.1) is 12.1 Å². The van der Waals surface area contributed by atoms with Gasteiger partial charge in [-0.1, -0.05) is 55.0 Å². The van der Waals surface area contributed by atoms with Crippen molar-refractivity contribution in [3.8, 4) is 5.75 Å². The van der Waals surface area contributed by atoms with Gasteiger partial charge in [0, 0.05) is 37.4 Å². The van der Waals surface area contributed by atoms with Crippen LogP contribution in [0.25, 0.3) is 0 Å². The number of hydrogen-bond donors (Lipinski definition) is 2. The molecule has 5 rings (SSSR count). The molecule has 2 atom stereocenters. The molecule has 12 heteroatoms. The first kappa shape index (κ1) is 33.0. The highest BCUT2D eigenvalue weighted by molar-refractivity contribution is 5.73. The first-order chi connectivity index (χ1) is 20.8. The van der Waals surface area contributed by atoms with Gasteiger partial charge in [-0.15, -0.1) is 5.10 Å². The molecular formula is C32H39F3N4O5. The van der Waals surface area contributed by atoms with Crippen LogP contribution in [-0.4, -0.2) is 60.4 Å². The smallest absolute Gasteiger partial charge is 0.486 e. The number of halogens is 3. The molecule has 1 aromatic heterocycles. The average molecular weight is 617 g/mol. The number of aryl methyl sites for hydroxylation is 3. The van der Waals surface area contributed by atoms with Crippen LogP contribution in [0.3, 0.4) is 0 Å². The molecule has 2 N–H and O–H groups in total. The Labute approximate surface area is 254 Å². The minimum Gasteiger partial charge on any atom is -0.486 e. The van der Waals surface area contributed by atoms with Gasteiger partial charge >= 0.3 is 18.1 Å². The number of alkyl halides is 3. The van der Waals surface area contributed by atoms with Gasteiger partial charge < -0.3 is 14.9 Å². The molecule has 44 heavy (non-hydrogen) atoms. The van der Waals surface area contributed by atoms with E-state index in [0.717, 1.165) is 55.8 Å². The van der Waals surface area contributed by atoms with E-state index in [1.54, 1.807) is 0 Å². The maximum absolute atomic E-state index is 11.8. The van der Waals surface area contributed by atoms with Crippen LogP contribution in [0.2, 0.25) is 0 Å². The molecule has 2 unspecified atom stereocenters. The van der Waals surface area contributed by atoms with Gasteiger partial charge in [0.2, 0.25) is 0 Å². The lowest BCUT2D eigenvalue weighted by atomic mass is 9.89. The zero-order chi connectivity index (χ0) is 32.1. The Morgan fingerprint density at radius 1 is 1.14 bits per heavy atom. The van der Waals surface area contributed by atoms with Crippen LogP contribution in [-0.2, 0) is 35.5 Å². The minimum absolute atomic E-state index is 0.0764. The molecule has 2 aromatic carbocycles. The summed E-state index contributed by atoms with van der Waals surface area (Å²) in [6.07, 6.45) is 1.78. The number of ether oxygens (including phenoxy) is 1. The van der Waals surface area contributed by atoms with Crippen LogP contribution in [0, 0.1) is 0 Å². The van der Waals surface area contributed by atoms with E-state index in [-0.39, 0.29) is 17.9 Å². The third-order valence-electron chi connectivity index (χ3n) is 7.91. The monoisotopic (exact) mass is 616 g/mol. The summed E-state index contributed by atoms with van der Waals surface area (Å²) < 4.78 is 40.0. The number of hydrogen-bond acceptors (Lipinski definition) is 6. The van der Waals surface area contributed by atoms with E-state index in [0.29, 0.717) is 19.0 Å². The van der Waals surface area contributed by atoms with E-state index in [4.69, 9.17) is 14.6 Å². The van der Waals surface area contributed by atoms with Gasteiger partial charge in [-0.25, -0.2) is 4.79 Å². The Hall–Kier alpha value is -3.93. The standard InChI is InChI=1S/C30H38N4O3.C2HF3O2/c1-4-7-25-19-34(32-31-25)15-14-23(17-29(35)36)22-11-10-21-12-13-27(26(21)16-22)33-18-24-8-5-6-9-28(24)37-30(2,3)20-33;3-2(4,5)1(6)7/h5-6,8-11,16,19,23,27H,4,7,12-15,17-18,20H2,1-3H3,(H,35,36);(H,6,7). The number of aliphatic carboxylic acids is 2. The molecular weight excluding hydrogens is 577 g/mol. The number of benzene rings is 2. The van der Waals surface area contributed by atoms with E-state index < -0.39 is 18.1 Å². The fourth-order valence-electron chi connectivity index (χ4n) is 5.98. The maximum atomic E-state index is 11.8. The second kappa shape index (κ2) is 13.8. The average Bonchev–Trinajstić information content (AvgIpc) is 3.54. The molecule has 0 saturated heterocycles. The lowest BCUT2D eigenvalue weighted by molar-refractivity contribution is -0.192. The van der Waals surface area contributed by atoms with Crippen molar-refractivity contribution < 1.29 is 37.7 Å². The van der Waals surface area contributed by atoms with Crippen molar-refractivity contribution in [3.63, 3.8) is 0 Å². The summed E-state index contributed by atoms with van der Waals surface area (Å²) in [5, 5.41) is 25.3. The van der Waals surface area contributed by atoms with E-state index in [1.165, 1.54) is 16.7 Å². The SMILES string of the molecule is CCCc1cn(CCC(CC(=O)O)c2ccc3c(c2)C(N2Cc4ccccc4OC(C)(C)C2)CC3)nn1.O=C(O)C(F)(F)F. The van der Waals surface area contributed by atoms with Gasteiger partial charge in [-0.3, -0.25) is 14.4 Å². The van der Waals surface area contributed by atoms with Crippen molar-refractivity contribution in [2.24, 2.45) is 0 Å². The Morgan fingerprint density at radius 3 is 2.55 bits per heavy atom. The number of carboxylic acid groups (broad SMARTS) is 2. The second-order valence-electron chi connectivity index (χ2n) is 12.0. The summed E-state index contributed by atoms with van der Waals surface area (Å²) >= 11 is 0. The van der Waals surface area contributed by atoms with E-state index >= 15 is 0 Å². The van der Waals surface area contributed by atoms with Crippen molar-refractivity contribution in [3.05, 3.63) is 76.6 Å². The van der Waals surface area contributed by atoms with E-state index in [9.17, 15) is 23.1 Å². The summed E-state index contributed by atoms with van der Waals surface area (Å²) in [6.45, 7) is 8.78. The Morgan fingerprint density at radius 2 is 1.86 bits per heavy atom. The quantitative estimate of drug-likeness (QED) is 0.293. The number of fused-ring (bicyclic) bond motifs is 2. The van der Waals surface area contributed by atoms with Gasteiger partial charge in [-0.2, -0.15) is 13.2 Å². The van der Waals surface area contributed by atoms with Crippen molar-refractivity contribution >= 4 is 11.9 Å². The van der Waals surface area contributed by atoms with Gasteiger partial charge in [0.25, 0.3) is 0 Å². The topological polar surface area (TPSA) is 118 Å². The summed E-state index contributed by atoms with van der Waals surface area (Å²) in [4.78, 5) is 23.2. The van der Waals surface area contributed by atoms with Crippen LogP contribution in [0.1, 0.15) is 86.4 Å². The molecule has 1 aliphatic heterocycles. The van der Waals surface area contributed by atoms with Crippen molar-refractivity contribution in [2.45, 2.75) is 96.1 Å². The molecule has 3 aromatic rings. The fraction of sp³-hybridized carbons (Fsp3) is 0.500. The molecule has 2 heterocycles. The molecule has 0 spiro atoms. The summed E-state index contributed by atoms with van der Waals surface area (Å²) in [5.74, 6) is -2.63. The first-order valence-electron chi connectivity index (χ1n) is 14.8. The van der Waals surface area contributed by atoms with Crippen LogP contribution in [0.4, 0.5) is 13.2 Å². The number of nitrogens with zero attached hydrogens (tertiary/aromatic N) is 4. The number of carboxylic acids is 2. The van der Waals surface area contributed by atoms with E-state index in [2.05, 4.69) is 72.4 Å². The summed E-state index contributed by atoms with van der Waals surface area (Å²) in [7, 11) is 0. The van der Waals surface area contributed by atoms with Crippen LogP contribution in [0.5, 0.6) is 5.75 Å². The third kappa shape index (κ3) is 8.58. The highest BCUT2D eigenvalue weighted by atomic mass is 19.4. The fourth-order valence-corrected chi connectivity index (χ4v) is 5.98. The zero-order valence-corrected chi connectivity index (χ0v) is 25.2. The lowest BCUT2D eigenvalue weighted by Crippen LogP contribution is -2.41. The molecule has 0 saturated carbocycles. The number of rotatable bonds is 9. The van der Waals surface area contributed by atoms with Gasteiger partial charge in [0.1, 0.15) is 11.4 Å². The molecule has 238 valence electrons. The molecule has 0 bridgehead atoms. The largest absolute Gasteiger partial charge is 0.490 e. The first-order valence-corrected chi connectivity index (χ1v) is 14.8. The highest BCUT2D eigenvalue weighted by Crippen LogP contribution is 2.42. The summed E-state index contributed by atoms with van der Waals surface area (Å²) in [6, 6.07) is 15.3. The van der Waals surface area contributed by atoms with Gasteiger partial charge in [0.15, 0.2) is 0 Å². The second-order valence-corrected chi connectivity index (χ2v) is 12.0. The lowest BCUT2D eigenvalue weighted by Gasteiger charge is -2.34. The van der Waals surface area contributed by atoms with Crippen molar-refractivity contribution in [2.75, 3.05) is 6.54 Å². The Bertz CT molecular complexity index is 1460. The number of para-hydroxylation sites is 1. The van der Waals surface area contributed by atoms with E-state index in [1.807, 2.05) is 16.9 Å². The predicted octanol–water partition coefficient (Wildman–Crippen LogP) is 6.17. The molecule has 2 aliphatic rings. The zero-order valence-electron chi connectivity index (χ0n) is 25.2. The number of carbonyl (C=O) groups is 2. The predicted molar refractivity (Wildman–Crippen MR) is 156 cm³/mol. The Kier molecular flexibility index (Phi) is 10.3. The molecule has 0 amide bonds. The Balaban J connectivity index is 0.000000566. The highest BCUT2D eigenvalue weighted by Gasteiger charge is 2.38. The van der Waals surface area contributed by atoms with Crippen LogP contribution in [0.15, 0.2) is 48.7 Å². The van der Waals surface area contributed by atoms with Crippen molar-refractivity contribution in [1.29, 1.82) is 0 Å².